The first-order valence-electron chi connectivity index (χ1n) is 6.46. The number of carboxylic acids is 1. The summed E-state index contributed by atoms with van der Waals surface area (Å²) < 4.78 is 31.4. The number of fused-ring (bicyclic) bond motifs is 1. The molecule has 1 aliphatic heterocycles. The van der Waals surface area contributed by atoms with Gasteiger partial charge in [0.05, 0.1) is 18.0 Å². The molecule has 6 nitrogen and oxygen atoms in total. The minimum Gasteiger partial charge on any atom is -0.478 e. The van der Waals surface area contributed by atoms with Crippen LogP contribution in [-0.4, -0.2) is 37.9 Å². The molecule has 1 aromatic rings. The fraction of sp³-hybridized carbons (Fsp3) is 0.462. The van der Waals surface area contributed by atoms with Gasteiger partial charge in [0, 0.05) is 0 Å². The molecule has 0 saturated heterocycles. The molecule has 1 saturated carbocycles. The number of carboxylic acid groups (broad SMARTS) is 1. The number of benzene rings is 1. The van der Waals surface area contributed by atoms with Crippen LogP contribution in [0, 0.1) is 5.92 Å². The van der Waals surface area contributed by atoms with Crippen LogP contribution in [0.25, 0.3) is 0 Å². The monoisotopic (exact) mass is 297 g/mol. The lowest BCUT2D eigenvalue weighted by Crippen LogP contribution is -2.47. The third-order valence-corrected chi connectivity index (χ3v) is 5.40. The molecule has 0 amide bonds. The number of ether oxygens (including phenoxy) is 1. The molecule has 1 fully saturated rings. The van der Waals surface area contributed by atoms with Crippen molar-refractivity contribution < 1.29 is 23.1 Å². The fourth-order valence-corrected chi connectivity index (χ4v) is 4.19. The zero-order valence-electron chi connectivity index (χ0n) is 10.7. The number of hydrogen-bond donors (Lipinski definition) is 1. The molecule has 1 aliphatic carbocycles. The number of carbonyl (C=O) groups is 1. The highest BCUT2D eigenvalue weighted by atomic mass is 32.2. The Morgan fingerprint density at radius 1 is 1.35 bits per heavy atom. The van der Waals surface area contributed by atoms with Crippen molar-refractivity contribution in [2.75, 3.05) is 16.6 Å². The number of nitrogens with zero attached hydrogens (tertiary/aromatic N) is 1. The number of para-hydroxylation sites is 2. The normalized spacial score (nSPS) is 22.0. The average molecular weight is 297 g/mol. The summed E-state index contributed by atoms with van der Waals surface area (Å²) in [7, 11) is -3.51. The summed E-state index contributed by atoms with van der Waals surface area (Å²) in [5.41, 5.74) is 0.422. The molecule has 20 heavy (non-hydrogen) atoms. The molecular formula is C13H15NO5S. The molecule has 3 rings (SSSR count). The van der Waals surface area contributed by atoms with E-state index < -0.39 is 22.1 Å². The van der Waals surface area contributed by atoms with E-state index in [1.807, 2.05) is 0 Å². The lowest BCUT2D eigenvalue weighted by molar-refractivity contribution is -0.144. The van der Waals surface area contributed by atoms with Gasteiger partial charge in [-0.25, -0.2) is 13.2 Å². The third kappa shape index (κ3) is 2.45. The zero-order chi connectivity index (χ0) is 14.3. The summed E-state index contributed by atoms with van der Waals surface area (Å²) in [6, 6.07) is 6.62. The van der Waals surface area contributed by atoms with Crippen LogP contribution in [0.4, 0.5) is 5.69 Å². The first kappa shape index (κ1) is 13.2. The van der Waals surface area contributed by atoms with Gasteiger partial charge < -0.3 is 9.84 Å². The van der Waals surface area contributed by atoms with Gasteiger partial charge in [0.2, 0.25) is 16.1 Å². The van der Waals surface area contributed by atoms with E-state index in [-0.39, 0.29) is 18.2 Å². The summed E-state index contributed by atoms with van der Waals surface area (Å²) in [5, 5.41) is 9.10. The van der Waals surface area contributed by atoms with Crippen molar-refractivity contribution in [3.05, 3.63) is 24.3 Å². The predicted molar refractivity (Wildman–Crippen MR) is 72.4 cm³/mol. The van der Waals surface area contributed by atoms with Gasteiger partial charge in [0.15, 0.2) is 0 Å². The molecule has 1 aromatic carbocycles. The topological polar surface area (TPSA) is 83.9 Å². The molecule has 1 heterocycles. The van der Waals surface area contributed by atoms with E-state index in [1.54, 1.807) is 24.3 Å². The first-order valence-corrected chi connectivity index (χ1v) is 8.07. The van der Waals surface area contributed by atoms with Crippen LogP contribution in [-0.2, 0) is 14.8 Å². The number of anilines is 1. The average Bonchev–Trinajstić information content (AvgIpc) is 3.20. The second kappa shape index (κ2) is 4.66. The molecular weight excluding hydrogens is 282 g/mol. The predicted octanol–water partition coefficient (Wildman–Crippen LogP) is 1.08. The second-order valence-electron chi connectivity index (χ2n) is 5.17. The molecule has 2 aliphatic rings. The quantitative estimate of drug-likeness (QED) is 0.899. The Labute approximate surface area is 117 Å². The number of hydrogen-bond acceptors (Lipinski definition) is 4. The molecule has 1 unspecified atom stereocenters. The van der Waals surface area contributed by atoms with Gasteiger partial charge in [-0.05, 0) is 30.9 Å². The standard InChI is InChI=1S/C13H15NO5S/c15-13(16)12-7-14(20(17,18)8-9-5-6-9)10-3-1-2-4-11(10)19-12/h1-4,9,12H,5-8H2,(H,15,16). The third-order valence-electron chi connectivity index (χ3n) is 3.49. The van der Waals surface area contributed by atoms with Gasteiger partial charge in [-0.15, -0.1) is 0 Å². The maximum atomic E-state index is 12.4. The van der Waals surface area contributed by atoms with Crippen LogP contribution in [0.5, 0.6) is 5.75 Å². The number of aliphatic carboxylic acids is 1. The molecule has 0 spiro atoms. The number of sulfonamides is 1. The highest BCUT2D eigenvalue weighted by Crippen LogP contribution is 2.37. The van der Waals surface area contributed by atoms with E-state index in [4.69, 9.17) is 9.84 Å². The van der Waals surface area contributed by atoms with Crippen molar-refractivity contribution in [2.45, 2.75) is 18.9 Å². The van der Waals surface area contributed by atoms with Crippen molar-refractivity contribution >= 4 is 21.7 Å². The summed E-state index contributed by atoms with van der Waals surface area (Å²) >= 11 is 0. The van der Waals surface area contributed by atoms with E-state index in [0.717, 1.165) is 12.8 Å². The van der Waals surface area contributed by atoms with Crippen LogP contribution in [0.15, 0.2) is 24.3 Å². The summed E-state index contributed by atoms with van der Waals surface area (Å²) in [5.74, 6) is -0.580. The Hall–Kier alpha value is -1.76. The Balaban J connectivity index is 1.97. The van der Waals surface area contributed by atoms with Gasteiger partial charge in [-0.1, -0.05) is 12.1 Å². The molecule has 7 heteroatoms. The highest BCUT2D eigenvalue weighted by molar-refractivity contribution is 7.92. The lowest BCUT2D eigenvalue weighted by atomic mass is 10.2. The molecule has 1 atom stereocenters. The molecule has 0 radical (unpaired) electrons. The molecule has 0 aromatic heterocycles. The maximum Gasteiger partial charge on any atom is 0.346 e. The Kier molecular flexibility index (Phi) is 3.08. The largest absolute Gasteiger partial charge is 0.478 e. The van der Waals surface area contributed by atoms with Crippen LogP contribution in [0.1, 0.15) is 12.8 Å². The van der Waals surface area contributed by atoms with Crippen LogP contribution in [0.2, 0.25) is 0 Å². The van der Waals surface area contributed by atoms with Gasteiger partial charge >= 0.3 is 5.97 Å². The Morgan fingerprint density at radius 3 is 2.70 bits per heavy atom. The van der Waals surface area contributed by atoms with Crippen LogP contribution in [0.3, 0.4) is 0 Å². The zero-order valence-corrected chi connectivity index (χ0v) is 11.5. The van der Waals surface area contributed by atoms with E-state index in [9.17, 15) is 13.2 Å². The van der Waals surface area contributed by atoms with E-state index in [0.29, 0.717) is 11.4 Å². The fourth-order valence-electron chi connectivity index (χ4n) is 2.27. The Morgan fingerprint density at radius 2 is 2.05 bits per heavy atom. The van der Waals surface area contributed by atoms with Gasteiger partial charge in [-0.2, -0.15) is 0 Å². The summed E-state index contributed by atoms with van der Waals surface area (Å²) in [4.78, 5) is 11.1. The second-order valence-corrected chi connectivity index (χ2v) is 7.10. The van der Waals surface area contributed by atoms with Gasteiger partial charge in [0.1, 0.15) is 5.75 Å². The van der Waals surface area contributed by atoms with E-state index >= 15 is 0 Å². The highest BCUT2D eigenvalue weighted by Gasteiger charge is 2.39. The molecule has 108 valence electrons. The minimum absolute atomic E-state index is 0.0771. The van der Waals surface area contributed by atoms with Crippen LogP contribution < -0.4 is 9.04 Å². The summed E-state index contributed by atoms with van der Waals surface area (Å²) in [6.45, 7) is -0.179. The van der Waals surface area contributed by atoms with Crippen molar-refractivity contribution in [1.29, 1.82) is 0 Å². The molecule has 0 bridgehead atoms. The van der Waals surface area contributed by atoms with E-state index in [1.165, 1.54) is 4.31 Å². The summed E-state index contributed by atoms with van der Waals surface area (Å²) in [6.07, 6.45) is 0.681. The van der Waals surface area contributed by atoms with Crippen molar-refractivity contribution in [2.24, 2.45) is 5.92 Å². The van der Waals surface area contributed by atoms with E-state index in [2.05, 4.69) is 0 Å². The van der Waals surface area contributed by atoms with Gasteiger partial charge in [0.25, 0.3) is 0 Å². The Bertz CT molecular complexity index is 638. The van der Waals surface area contributed by atoms with Crippen molar-refractivity contribution in [3.63, 3.8) is 0 Å². The smallest absolute Gasteiger partial charge is 0.346 e. The molecule has 1 N–H and O–H groups in total. The minimum atomic E-state index is -3.51. The SMILES string of the molecule is O=C(O)C1CN(S(=O)(=O)CC2CC2)c2ccccc2O1. The van der Waals surface area contributed by atoms with Crippen molar-refractivity contribution in [3.8, 4) is 5.75 Å². The lowest BCUT2D eigenvalue weighted by Gasteiger charge is -2.33. The van der Waals surface area contributed by atoms with Gasteiger partial charge in [-0.3, -0.25) is 4.31 Å². The maximum absolute atomic E-state index is 12.4. The number of rotatable bonds is 4. The van der Waals surface area contributed by atoms with Crippen molar-refractivity contribution in [1.82, 2.24) is 0 Å². The first-order chi connectivity index (χ1) is 9.47. The van der Waals surface area contributed by atoms with Crippen LogP contribution >= 0.6 is 0 Å².